The molecule has 0 amide bonds. The molecule has 0 fully saturated rings. The average molecular weight is 449 g/mol. The van der Waals surface area contributed by atoms with Crippen LogP contribution in [0.25, 0.3) is 61.0 Å². The van der Waals surface area contributed by atoms with E-state index in [1.165, 1.54) is 21.8 Å². The van der Waals surface area contributed by atoms with Gasteiger partial charge < -0.3 is 4.57 Å². The van der Waals surface area contributed by atoms with Crippen molar-refractivity contribution in [3.8, 4) is 11.4 Å². The SMILES string of the molecule is c1ccc(-n2c3ccccc3n3c4cccc(-n5c6ccccc6c6ccccc65)c4nc23)cc1. The molecule has 8 aromatic rings. The van der Waals surface area contributed by atoms with Crippen molar-refractivity contribution >= 4 is 49.7 Å². The minimum Gasteiger partial charge on any atom is -0.307 e. The molecular weight excluding hydrogens is 428 g/mol. The smallest absolute Gasteiger partial charge is 0.220 e. The van der Waals surface area contributed by atoms with Gasteiger partial charge >= 0.3 is 0 Å². The van der Waals surface area contributed by atoms with E-state index >= 15 is 0 Å². The highest BCUT2D eigenvalue weighted by molar-refractivity contribution is 6.10. The first-order valence-corrected chi connectivity index (χ1v) is 11.8. The first kappa shape index (κ1) is 18.6. The first-order chi connectivity index (χ1) is 17.4. The van der Waals surface area contributed by atoms with E-state index in [0.29, 0.717) is 0 Å². The maximum absolute atomic E-state index is 5.30. The average Bonchev–Trinajstić information content (AvgIpc) is 3.56. The Morgan fingerprint density at radius 3 is 1.71 bits per heavy atom. The van der Waals surface area contributed by atoms with E-state index in [9.17, 15) is 0 Å². The lowest BCUT2D eigenvalue weighted by molar-refractivity contribution is 1.11. The van der Waals surface area contributed by atoms with E-state index in [1.54, 1.807) is 0 Å². The molecule has 0 unspecified atom stereocenters. The number of hydrogen-bond acceptors (Lipinski definition) is 1. The van der Waals surface area contributed by atoms with Crippen LogP contribution < -0.4 is 0 Å². The predicted molar refractivity (Wildman–Crippen MR) is 144 cm³/mol. The molecule has 8 rings (SSSR count). The maximum Gasteiger partial charge on any atom is 0.220 e. The molecule has 0 saturated heterocycles. The quantitative estimate of drug-likeness (QED) is 0.269. The zero-order valence-corrected chi connectivity index (χ0v) is 18.8. The molecule has 4 heteroatoms. The Balaban J connectivity index is 1.55. The maximum atomic E-state index is 5.30. The molecule has 0 radical (unpaired) electrons. The fourth-order valence-corrected chi connectivity index (χ4v) is 5.60. The molecular formula is C31H20N4. The second-order valence-electron chi connectivity index (χ2n) is 8.92. The summed E-state index contributed by atoms with van der Waals surface area (Å²) in [5.41, 5.74) is 8.96. The Kier molecular flexibility index (Phi) is 3.63. The minimum atomic E-state index is 0.917. The lowest BCUT2D eigenvalue weighted by atomic mass is 10.2. The molecule has 164 valence electrons. The van der Waals surface area contributed by atoms with Gasteiger partial charge in [-0.3, -0.25) is 8.97 Å². The van der Waals surface area contributed by atoms with Crippen molar-refractivity contribution in [3.05, 3.63) is 121 Å². The molecule has 0 spiro atoms. The molecule has 0 aliphatic carbocycles. The number of nitrogens with zero attached hydrogens (tertiary/aromatic N) is 4. The van der Waals surface area contributed by atoms with Crippen LogP contribution in [-0.2, 0) is 0 Å². The Hall–Kier alpha value is -4.83. The van der Waals surface area contributed by atoms with Gasteiger partial charge in [-0.05, 0) is 48.5 Å². The van der Waals surface area contributed by atoms with Crippen LogP contribution in [0.15, 0.2) is 121 Å². The first-order valence-electron chi connectivity index (χ1n) is 11.8. The predicted octanol–water partition coefficient (Wildman–Crippen LogP) is 7.53. The van der Waals surface area contributed by atoms with Gasteiger partial charge in [-0.25, -0.2) is 4.98 Å². The van der Waals surface area contributed by atoms with Crippen molar-refractivity contribution in [3.63, 3.8) is 0 Å². The van der Waals surface area contributed by atoms with Crippen LogP contribution in [-0.4, -0.2) is 18.5 Å². The van der Waals surface area contributed by atoms with Gasteiger partial charge in [0.15, 0.2) is 0 Å². The number of rotatable bonds is 2. The second kappa shape index (κ2) is 6.84. The summed E-state index contributed by atoms with van der Waals surface area (Å²) in [7, 11) is 0. The van der Waals surface area contributed by atoms with E-state index in [2.05, 4.69) is 135 Å². The molecule has 3 aromatic heterocycles. The molecule has 4 nitrogen and oxygen atoms in total. The highest BCUT2D eigenvalue weighted by atomic mass is 15.2. The van der Waals surface area contributed by atoms with E-state index in [0.717, 1.165) is 39.2 Å². The van der Waals surface area contributed by atoms with Crippen LogP contribution in [0.2, 0.25) is 0 Å². The van der Waals surface area contributed by atoms with Crippen molar-refractivity contribution < 1.29 is 0 Å². The highest BCUT2D eigenvalue weighted by Gasteiger charge is 2.20. The van der Waals surface area contributed by atoms with Crippen molar-refractivity contribution in [1.82, 2.24) is 18.5 Å². The monoisotopic (exact) mass is 448 g/mol. The van der Waals surface area contributed by atoms with E-state index < -0.39 is 0 Å². The second-order valence-corrected chi connectivity index (χ2v) is 8.92. The van der Waals surface area contributed by atoms with Crippen LogP contribution in [0.5, 0.6) is 0 Å². The molecule has 0 aliphatic heterocycles. The Bertz CT molecular complexity index is 2000. The third kappa shape index (κ3) is 2.43. The number of benzene rings is 5. The van der Waals surface area contributed by atoms with Gasteiger partial charge in [0.1, 0.15) is 5.52 Å². The van der Waals surface area contributed by atoms with Gasteiger partial charge in [-0.2, -0.15) is 0 Å². The van der Waals surface area contributed by atoms with Crippen LogP contribution in [0.1, 0.15) is 0 Å². The van der Waals surface area contributed by atoms with Gasteiger partial charge in [0.25, 0.3) is 0 Å². The van der Waals surface area contributed by atoms with Crippen molar-refractivity contribution in [1.29, 1.82) is 0 Å². The van der Waals surface area contributed by atoms with Crippen molar-refractivity contribution in [2.24, 2.45) is 0 Å². The number of fused-ring (bicyclic) bond motifs is 8. The summed E-state index contributed by atoms with van der Waals surface area (Å²) < 4.78 is 6.90. The summed E-state index contributed by atoms with van der Waals surface area (Å²) >= 11 is 0. The Morgan fingerprint density at radius 1 is 0.429 bits per heavy atom. The number of aromatic nitrogens is 4. The Labute approximate surface area is 200 Å². The number of hydrogen-bond donors (Lipinski definition) is 0. The highest BCUT2D eigenvalue weighted by Crippen LogP contribution is 2.36. The molecule has 35 heavy (non-hydrogen) atoms. The molecule has 0 bridgehead atoms. The van der Waals surface area contributed by atoms with Crippen LogP contribution in [0.3, 0.4) is 0 Å². The minimum absolute atomic E-state index is 0.917. The normalized spacial score (nSPS) is 12.0. The van der Waals surface area contributed by atoms with Crippen LogP contribution in [0.4, 0.5) is 0 Å². The fraction of sp³-hybridized carbons (Fsp3) is 0. The largest absolute Gasteiger partial charge is 0.307 e. The zero-order chi connectivity index (χ0) is 22.9. The molecule has 0 aliphatic rings. The third-order valence-corrected chi connectivity index (χ3v) is 7.05. The van der Waals surface area contributed by atoms with E-state index in [-0.39, 0.29) is 0 Å². The van der Waals surface area contributed by atoms with E-state index in [4.69, 9.17) is 4.98 Å². The van der Waals surface area contributed by atoms with E-state index in [1.807, 2.05) is 0 Å². The Morgan fingerprint density at radius 2 is 1.00 bits per heavy atom. The number of imidazole rings is 2. The van der Waals surface area contributed by atoms with Gasteiger partial charge in [0.05, 0.1) is 33.3 Å². The van der Waals surface area contributed by atoms with Gasteiger partial charge in [-0.1, -0.05) is 72.8 Å². The lowest BCUT2D eigenvalue weighted by Gasteiger charge is -2.09. The molecule has 5 aromatic carbocycles. The summed E-state index contributed by atoms with van der Waals surface area (Å²) in [6.45, 7) is 0. The lowest BCUT2D eigenvalue weighted by Crippen LogP contribution is -1.96. The van der Waals surface area contributed by atoms with Crippen LogP contribution in [0, 0.1) is 0 Å². The number of para-hydroxylation sites is 6. The summed E-state index contributed by atoms with van der Waals surface area (Å²) in [5, 5.41) is 2.51. The zero-order valence-electron chi connectivity index (χ0n) is 18.8. The molecule has 0 N–H and O–H groups in total. The summed E-state index contributed by atoms with van der Waals surface area (Å²) in [6.07, 6.45) is 0. The summed E-state index contributed by atoms with van der Waals surface area (Å²) in [5.74, 6) is 0.917. The third-order valence-electron chi connectivity index (χ3n) is 7.05. The summed E-state index contributed by atoms with van der Waals surface area (Å²) in [6, 6.07) is 42.8. The molecule has 3 heterocycles. The molecule has 0 atom stereocenters. The summed E-state index contributed by atoms with van der Waals surface area (Å²) in [4.78, 5) is 5.30. The topological polar surface area (TPSA) is 27.2 Å². The fourth-order valence-electron chi connectivity index (χ4n) is 5.60. The van der Waals surface area contributed by atoms with Crippen molar-refractivity contribution in [2.75, 3.05) is 0 Å². The van der Waals surface area contributed by atoms with Gasteiger partial charge in [-0.15, -0.1) is 0 Å². The van der Waals surface area contributed by atoms with Gasteiger partial charge in [0, 0.05) is 16.5 Å². The van der Waals surface area contributed by atoms with Gasteiger partial charge in [0.2, 0.25) is 5.78 Å². The standard InChI is InChI=1S/C31H20N4/c1-2-11-21(12-3-1)33-26-17-8-9-18-27(26)35-29-20-10-19-28(30(29)32-31(33)35)34-24-15-6-4-13-22(24)23-14-5-7-16-25(23)34/h1-20H. The van der Waals surface area contributed by atoms with Crippen LogP contribution >= 0.6 is 0 Å². The molecule has 0 saturated carbocycles. The van der Waals surface area contributed by atoms with Crippen molar-refractivity contribution in [2.45, 2.75) is 0 Å².